The smallest absolute Gasteiger partial charge is 0.306 e. The number of benzene rings is 1. The molecule has 7 heteroatoms. The molecule has 0 unspecified atom stereocenters. The molecule has 1 aromatic carbocycles. The molecule has 1 rings (SSSR count). The Hall–Kier alpha value is -1.76. The van der Waals surface area contributed by atoms with Gasteiger partial charge in [0.05, 0.1) is 11.9 Å². The van der Waals surface area contributed by atoms with E-state index in [9.17, 15) is 13.2 Å². The third-order valence-electron chi connectivity index (χ3n) is 2.06. The largest absolute Gasteiger partial charge is 0.399 e. The van der Waals surface area contributed by atoms with Gasteiger partial charge in [0.25, 0.3) is 0 Å². The predicted octanol–water partition coefficient (Wildman–Crippen LogP) is 0.590. The summed E-state index contributed by atoms with van der Waals surface area (Å²) in [7, 11) is -2.15. The van der Waals surface area contributed by atoms with E-state index in [1.165, 1.54) is 31.0 Å². The molecule has 0 aromatic heterocycles. The van der Waals surface area contributed by atoms with Crippen LogP contribution in [-0.4, -0.2) is 27.6 Å². The second kappa shape index (κ2) is 4.62. The number of carbonyl (C=O) groups excluding carboxylic acids is 1. The number of nitrogen functional groups attached to an aromatic ring is 1. The normalized spacial score (nSPS) is 11.0. The van der Waals surface area contributed by atoms with Crippen LogP contribution in [0.3, 0.4) is 0 Å². The zero-order chi connectivity index (χ0) is 13.2. The molecular weight excluding hydrogens is 244 g/mol. The van der Waals surface area contributed by atoms with Crippen LogP contribution < -0.4 is 14.8 Å². The number of rotatable bonds is 3. The quantitative estimate of drug-likeness (QED) is 0.633. The van der Waals surface area contributed by atoms with E-state index in [0.29, 0.717) is 11.4 Å². The van der Waals surface area contributed by atoms with Crippen molar-refractivity contribution in [3.8, 4) is 5.75 Å². The number of nitrogens with two attached hydrogens (primary N) is 1. The zero-order valence-electron chi connectivity index (χ0n) is 9.80. The van der Waals surface area contributed by atoms with E-state index in [4.69, 9.17) is 9.92 Å². The number of hydrogen-bond donors (Lipinski definition) is 1. The van der Waals surface area contributed by atoms with Crippen LogP contribution in [0.1, 0.15) is 6.92 Å². The number of hydrogen-bond acceptors (Lipinski definition) is 5. The van der Waals surface area contributed by atoms with Gasteiger partial charge < -0.3 is 14.8 Å². The number of nitrogens with zero attached hydrogens (tertiary/aromatic N) is 1. The first-order valence-corrected chi connectivity index (χ1v) is 6.55. The minimum absolute atomic E-state index is 0.0326. The molecule has 0 aliphatic heterocycles. The molecule has 1 amide bonds. The SMILES string of the molecule is CC(=O)N(C)c1ccc(N)cc1OS(C)(=O)=O. The predicted molar refractivity (Wildman–Crippen MR) is 65.4 cm³/mol. The molecule has 0 spiro atoms. The van der Waals surface area contributed by atoms with Crippen molar-refractivity contribution in [2.45, 2.75) is 6.92 Å². The van der Waals surface area contributed by atoms with Crippen LogP contribution in [0.25, 0.3) is 0 Å². The molecule has 1 aromatic rings. The molecule has 94 valence electrons. The maximum absolute atomic E-state index is 11.2. The van der Waals surface area contributed by atoms with Crippen molar-refractivity contribution in [3.05, 3.63) is 18.2 Å². The average molecular weight is 258 g/mol. The standard InChI is InChI=1S/C10H14N2O4S/c1-7(13)12(2)9-5-4-8(11)6-10(9)16-17(3,14)15/h4-6H,11H2,1-3H3. The van der Waals surface area contributed by atoms with Crippen molar-refractivity contribution in [2.24, 2.45) is 0 Å². The maximum Gasteiger partial charge on any atom is 0.306 e. The van der Waals surface area contributed by atoms with Gasteiger partial charge in [-0.15, -0.1) is 0 Å². The highest BCUT2D eigenvalue weighted by atomic mass is 32.2. The Morgan fingerprint density at radius 1 is 1.41 bits per heavy atom. The second-order valence-corrected chi connectivity index (χ2v) is 5.17. The molecule has 0 aliphatic rings. The van der Waals surface area contributed by atoms with Crippen LogP contribution in [0.4, 0.5) is 11.4 Å². The lowest BCUT2D eigenvalue weighted by molar-refractivity contribution is -0.116. The molecule has 0 heterocycles. The molecule has 0 aliphatic carbocycles. The highest BCUT2D eigenvalue weighted by molar-refractivity contribution is 7.86. The number of anilines is 2. The van der Waals surface area contributed by atoms with Crippen LogP contribution in [-0.2, 0) is 14.9 Å². The third kappa shape index (κ3) is 3.63. The molecule has 6 nitrogen and oxygen atoms in total. The Bertz CT molecular complexity index is 539. The van der Waals surface area contributed by atoms with Crippen LogP contribution >= 0.6 is 0 Å². The highest BCUT2D eigenvalue weighted by Gasteiger charge is 2.15. The van der Waals surface area contributed by atoms with Crippen molar-refractivity contribution >= 4 is 27.4 Å². The van der Waals surface area contributed by atoms with Crippen LogP contribution in [0, 0.1) is 0 Å². The molecule has 0 radical (unpaired) electrons. The summed E-state index contributed by atoms with van der Waals surface area (Å²) in [6, 6.07) is 4.44. The van der Waals surface area contributed by atoms with Crippen LogP contribution in [0.15, 0.2) is 18.2 Å². The summed E-state index contributed by atoms with van der Waals surface area (Å²) in [5.41, 5.74) is 6.24. The van der Waals surface area contributed by atoms with Crippen molar-refractivity contribution in [2.75, 3.05) is 23.9 Å². The molecule has 0 bridgehead atoms. The molecule has 0 atom stereocenters. The van der Waals surface area contributed by atoms with Crippen LogP contribution in [0.2, 0.25) is 0 Å². The molecular formula is C10H14N2O4S. The van der Waals surface area contributed by atoms with Crippen molar-refractivity contribution in [3.63, 3.8) is 0 Å². The minimum atomic E-state index is -3.67. The van der Waals surface area contributed by atoms with E-state index in [2.05, 4.69) is 0 Å². The summed E-state index contributed by atoms with van der Waals surface area (Å²) >= 11 is 0. The minimum Gasteiger partial charge on any atom is -0.399 e. The zero-order valence-corrected chi connectivity index (χ0v) is 10.6. The first kappa shape index (κ1) is 13.3. The molecule has 2 N–H and O–H groups in total. The van der Waals surface area contributed by atoms with E-state index < -0.39 is 10.1 Å². The van der Waals surface area contributed by atoms with Crippen molar-refractivity contribution in [1.29, 1.82) is 0 Å². The second-order valence-electron chi connectivity index (χ2n) is 3.59. The summed E-state index contributed by atoms with van der Waals surface area (Å²) in [6.07, 6.45) is 0.924. The Balaban J connectivity index is 3.26. The third-order valence-corrected chi connectivity index (χ3v) is 2.54. The Morgan fingerprint density at radius 3 is 2.47 bits per heavy atom. The van der Waals surface area contributed by atoms with E-state index in [-0.39, 0.29) is 11.7 Å². The van der Waals surface area contributed by atoms with Gasteiger partial charge in [0.15, 0.2) is 5.75 Å². The fourth-order valence-electron chi connectivity index (χ4n) is 1.21. The molecule has 17 heavy (non-hydrogen) atoms. The fraction of sp³-hybridized carbons (Fsp3) is 0.300. The van der Waals surface area contributed by atoms with E-state index in [0.717, 1.165) is 6.26 Å². The number of amides is 1. The summed E-state index contributed by atoms with van der Waals surface area (Å²) in [5, 5.41) is 0. The highest BCUT2D eigenvalue weighted by Crippen LogP contribution is 2.30. The van der Waals surface area contributed by atoms with E-state index in [1.807, 2.05) is 0 Å². The van der Waals surface area contributed by atoms with E-state index in [1.54, 1.807) is 6.07 Å². The van der Waals surface area contributed by atoms with Gasteiger partial charge in [0, 0.05) is 25.7 Å². The average Bonchev–Trinajstić information content (AvgIpc) is 2.14. The fourth-order valence-corrected chi connectivity index (χ4v) is 1.67. The lowest BCUT2D eigenvalue weighted by atomic mass is 10.2. The van der Waals surface area contributed by atoms with Gasteiger partial charge in [-0.1, -0.05) is 0 Å². The van der Waals surface area contributed by atoms with Gasteiger partial charge >= 0.3 is 10.1 Å². The van der Waals surface area contributed by atoms with Gasteiger partial charge in [-0.25, -0.2) is 0 Å². The van der Waals surface area contributed by atoms with Crippen molar-refractivity contribution < 1.29 is 17.4 Å². The number of carbonyl (C=O) groups is 1. The lowest BCUT2D eigenvalue weighted by Crippen LogP contribution is -2.24. The first-order chi connectivity index (χ1) is 7.70. The summed E-state index contributed by atoms with van der Waals surface area (Å²) < 4.78 is 27.0. The van der Waals surface area contributed by atoms with Gasteiger partial charge in [-0.05, 0) is 12.1 Å². The monoisotopic (exact) mass is 258 g/mol. The molecule has 0 saturated heterocycles. The van der Waals surface area contributed by atoms with Crippen LogP contribution in [0.5, 0.6) is 5.75 Å². The Labute approximate surface area is 100 Å². The van der Waals surface area contributed by atoms with Gasteiger partial charge in [-0.2, -0.15) is 8.42 Å². The summed E-state index contributed by atoms with van der Waals surface area (Å²) in [5.74, 6) is -0.210. The molecule has 0 fully saturated rings. The lowest BCUT2D eigenvalue weighted by Gasteiger charge is -2.18. The Morgan fingerprint density at radius 2 is 2.00 bits per heavy atom. The van der Waals surface area contributed by atoms with Crippen molar-refractivity contribution in [1.82, 2.24) is 0 Å². The Kier molecular flexibility index (Phi) is 3.62. The van der Waals surface area contributed by atoms with Gasteiger partial charge in [-0.3, -0.25) is 4.79 Å². The topological polar surface area (TPSA) is 89.7 Å². The summed E-state index contributed by atoms with van der Waals surface area (Å²) in [4.78, 5) is 12.5. The van der Waals surface area contributed by atoms with Gasteiger partial charge in [0.2, 0.25) is 5.91 Å². The maximum atomic E-state index is 11.2. The summed E-state index contributed by atoms with van der Waals surface area (Å²) in [6.45, 7) is 1.36. The van der Waals surface area contributed by atoms with E-state index >= 15 is 0 Å². The first-order valence-electron chi connectivity index (χ1n) is 4.74. The van der Waals surface area contributed by atoms with Gasteiger partial charge in [0.1, 0.15) is 0 Å². The molecule has 0 saturated carbocycles.